The summed E-state index contributed by atoms with van der Waals surface area (Å²) in [6.45, 7) is 3.18. The molecule has 0 radical (unpaired) electrons. The van der Waals surface area contributed by atoms with E-state index in [0.717, 1.165) is 29.8 Å². The van der Waals surface area contributed by atoms with Gasteiger partial charge < -0.3 is 5.32 Å². The Kier molecular flexibility index (Phi) is 6.76. The molecule has 1 N–H and O–H groups in total. The Morgan fingerprint density at radius 2 is 1.87 bits per heavy atom. The van der Waals surface area contributed by atoms with Crippen LogP contribution in [0.25, 0.3) is 11.3 Å². The smallest absolute Gasteiger partial charge is 0.262 e. The number of aromatic nitrogens is 5. The summed E-state index contributed by atoms with van der Waals surface area (Å²) in [6.07, 6.45) is 6.33. The molecule has 1 amide bonds. The van der Waals surface area contributed by atoms with Crippen molar-refractivity contribution in [3.8, 4) is 5.69 Å². The van der Waals surface area contributed by atoms with Crippen molar-refractivity contribution in [2.45, 2.75) is 30.6 Å². The second kappa shape index (κ2) is 10.5. The zero-order valence-corrected chi connectivity index (χ0v) is 22.0. The van der Waals surface area contributed by atoms with Crippen molar-refractivity contribution >= 4 is 28.4 Å². The minimum absolute atomic E-state index is 0.117. The van der Waals surface area contributed by atoms with Gasteiger partial charge in [0.05, 0.1) is 22.5 Å². The lowest BCUT2D eigenvalue weighted by molar-refractivity contribution is 0.102. The summed E-state index contributed by atoms with van der Waals surface area (Å²) in [5.41, 5.74) is 3.62. The fraction of sp³-hybridized carbons (Fsp3) is 0.214. The van der Waals surface area contributed by atoms with E-state index in [1.165, 1.54) is 18.3 Å². The van der Waals surface area contributed by atoms with E-state index in [0.29, 0.717) is 35.0 Å². The number of rotatable bonds is 6. The van der Waals surface area contributed by atoms with Gasteiger partial charge in [-0.2, -0.15) is 10.2 Å². The SMILES string of the molecule is Cc1ccc(-n2nc(C3CCN(S(=O)c4cccc(F)c4)CC3)cc2NC(=O)c2cnn3cccnc23)cc1. The summed E-state index contributed by atoms with van der Waals surface area (Å²) in [6, 6.07) is 17.5. The molecule has 1 saturated heterocycles. The lowest BCUT2D eigenvalue weighted by atomic mass is 9.95. The quantitative estimate of drug-likeness (QED) is 0.340. The van der Waals surface area contributed by atoms with Gasteiger partial charge >= 0.3 is 0 Å². The third-order valence-electron chi connectivity index (χ3n) is 6.88. The molecule has 0 bridgehead atoms. The van der Waals surface area contributed by atoms with Crippen LogP contribution in [0, 0.1) is 12.7 Å². The minimum Gasteiger partial charge on any atom is -0.306 e. The molecule has 0 saturated carbocycles. The molecular formula is C28H26FN7O2S. The van der Waals surface area contributed by atoms with E-state index < -0.39 is 16.8 Å². The number of nitrogens with one attached hydrogen (secondary N) is 1. The predicted molar refractivity (Wildman–Crippen MR) is 146 cm³/mol. The van der Waals surface area contributed by atoms with Gasteiger partial charge in [0.15, 0.2) is 5.65 Å². The molecule has 0 spiro atoms. The average Bonchev–Trinajstić information content (AvgIpc) is 3.58. The summed E-state index contributed by atoms with van der Waals surface area (Å²) < 4.78 is 31.8. The maximum absolute atomic E-state index is 13.6. The number of anilines is 1. The first-order chi connectivity index (χ1) is 19.0. The minimum atomic E-state index is -1.42. The molecule has 3 aromatic heterocycles. The predicted octanol–water partition coefficient (Wildman–Crippen LogP) is 4.52. The summed E-state index contributed by atoms with van der Waals surface area (Å²) >= 11 is 0. The molecule has 5 aromatic rings. The molecule has 1 unspecified atom stereocenters. The second-order valence-electron chi connectivity index (χ2n) is 9.51. The number of aryl methyl sites for hydroxylation is 1. The fourth-order valence-electron chi connectivity index (χ4n) is 4.78. The van der Waals surface area contributed by atoms with Gasteiger partial charge in [0, 0.05) is 37.5 Å². The molecule has 1 fully saturated rings. The van der Waals surface area contributed by atoms with Crippen LogP contribution in [0.5, 0.6) is 0 Å². The Balaban J connectivity index is 1.25. The van der Waals surface area contributed by atoms with Crippen LogP contribution in [0.2, 0.25) is 0 Å². The van der Waals surface area contributed by atoms with E-state index in [1.807, 2.05) is 41.6 Å². The zero-order valence-electron chi connectivity index (χ0n) is 21.2. The Morgan fingerprint density at radius 3 is 2.64 bits per heavy atom. The van der Waals surface area contributed by atoms with E-state index in [4.69, 9.17) is 5.10 Å². The number of benzene rings is 2. The Bertz CT molecular complexity index is 1670. The lowest BCUT2D eigenvalue weighted by Crippen LogP contribution is -2.34. The van der Waals surface area contributed by atoms with Crippen LogP contribution >= 0.6 is 0 Å². The van der Waals surface area contributed by atoms with Crippen molar-refractivity contribution in [3.63, 3.8) is 0 Å². The van der Waals surface area contributed by atoms with Crippen LogP contribution in [0.15, 0.2) is 84.1 Å². The fourth-order valence-corrected chi connectivity index (χ4v) is 6.03. The Labute approximate surface area is 226 Å². The van der Waals surface area contributed by atoms with E-state index in [2.05, 4.69) is 15.4 Å². The molecule has 6 rings (SSSR count). The van der Waals surface area contributed by atoms with Crippen molar-refractivity contribution in [3.05, 3.63) is 102 Å². The van der Waals surface area contributed by atoms with Crippen molar-refractivity contribution in [2.75, 3.05) is 18.4 Å². The third kappa shape index (κ3) is 5.10. The topological polar surface area (TPSA) is 97.4 Å². The van der Waals surface area contributed by atoms with Gasteiger partial charge in [0.2, 0.25) is 0 Å². The van der Waals surface area contributed by atoms with Gasteiger partial charge in [-0.05, 0) is 56.2 Å². The first kappa shape index (κ1) is 25.1. The van der Waals surface area contributed by atoms with Crippen molar-refractivity contribution in [1.82, 2.24) is 28.7 Å². The number of halogens is 1. The number of carbonyl (C=O) groups is 1. The molecule has 198 valence electrons. The lowest BCUT2D eigenvalue weighted by Gasteiger charge is -2.30. The van der Waals surface area contributed by atoms with Crippen LogP contribution in [-0.2, 0) is 11.0 Å². The van der Waals surface area contributed by atoms with Gasteiger partial charge in [-0.1, -0.05) is 23.8 Å². The Hall–Kier alpha value is -4.22. The average molecular weight is 544 g/mol. The van der Waals surface area contributed by atoms with Crippen molar-refractivity contribution in [1.29, 1.82) is 0 Å². The number of piperidine rings is 1. The highest BCUT2D eigenvalue weighted by Gasteiger charge is 2.28. The summed E-state index contributed by atoms with van der Waals surface area (Å²) in [5, 5.41) is 12.1. The summed E-state index contributed by atoms with van der Waals surface area (Å²) in [5.74, 6) is -0.0673. The van der Waals surface area contributed by atoms with Crippen molar-refractivity contribution < 1.29 is 13.4 Å². The number of fused-ring (bicyclic) bond motifs is 1. The number of hydrogen-bond donors (Lipinski definition) is 1. The monoisotopic (exact) mass is 543 g/mol. The zero-order chi connectivity index (χ0) is 26.9. The van der Waals surface area contributed by atoms with Crippen LogP contribution in [0.3, 0.4) is 0 Å². The molecule has 39 heavy (non-hydrogen) atoms. The number of nitrogens with zero attached hydrogens (tertiary/aromatic N) is 6. The van der Waals surface area contributed by atoms with Gasteiger partial charge in [-0.3, -0.25) is 4.79 Å². The van der Waals surface area contributed by atoms with E-state index in [9.17, 15) is 13.4 Å². The first-order valence-corrected chi connectivity index (χ1v) is 13.8. The molecule has 1 atom stereocenters. The first-order valence-electron chi connectivity index (χ1n) is 12.7. The summed E-state index contributed by atoms with van der Waals surface area (Å²) in [7, 11) is -1.42. The van der Waals surface area contributed by atoms with E-state index in [-0.39, 0.29) is 11.8 Å². The molecular weight excluding hydrogens is 517 g/mol. The van der Waals surface area contributed by atoms with Gasteiger partial charge in [0.25, 0.3) is 5.91 Å². The maximum Gasteiger partial charge on any atom is 0.262 e. The van der Waals surface area contributed by atoms with Crippen molar-refractivity contribution in [2.24, 2.45) is 0 Å². The molecule has 0 aliphatic carbocycles. The van der Waals surface area contributed by atoms with Crippen LogP contribution < -0.4 is 5.32 Å². The van der Waals surface area contributed by atoms with Gasteiger partial charge in [0.1, 0.15) is 28.2 Å². The number of carbonyl (C=O) groups excluding carboxylic acids is 1. The standard InChI is InChI=1S/C28H26FN7O2S/c1-19-6-8-22(9-7-19)36-26(32-28(37)24-18-31-35-13-3-12-30-27(24)35)17-25(33-36)20-10-14-34(15-11-20)39(38)23-5-2-4-21(29)16-23/h2-9,12-13,16-18,20H,10-11,14-15H2,1H3,(H,32,37). The summed E-state index contributed by atoms with van der Waals surface area (Å²) in [4.78, 5) is 18.0. The normalized spacial score (nSPS) is 15.4. The molecule has 11 heteroatoms. The number of amides is 1. The number of hydrogen-bond acceptors (Lipinski definition) is 5. The van der Waals surface area contributed by atoms with Crippen LogP contribution in [0.4, 0.5) is 10.2 Å². The van der Waals surface area contributed by atoms with E-state index >= 15 is 0 Å². The van der Waals surface area contributed by atoms with E-state index in [1.54, 1.807) is 39.8 Å². The van der Waals surface area contributed by atoms with Gasteiger partial charge in [-0.25, -0.2) is 27.1 Å². The highest BCUT2D eigenvalue weighted by Crippen LogP contribution is 2.32. The third-order valence-corrected chi connectivity index (χ3v) is 8.37. The molecule has 2 aromatic carbocycles. The maximum atomic E-state index is 13.6. The second-order valence-corrected chi connectivity index (χ2v) is 11.0. The highest BCUT2D eigenvalue weighted by atomic mass is 32.2. The highest BCUT2D eigenvalue weighted by molar-refractivity contribution is 7.82. The molecule has 9 nitrogen and oxygen atoms in total. The van der Waals surface area contributed by atoms with Crippen LogP contribution in [-0.4, -0.2) is 51.9 Å². The van der Waals surface area contributed by atoms with Gasteiger partial charge in [-0.15, -0.1) is 0 Å². The molecule has 4 heterocycles. The molecule has 1 aliphatic rings. The van der Waals surface area contributed by atoms with Crippen LogP contribution in [0.1, 0.15) is 40.4 Å². The largest absolute Gasteiger partial charge is 0.306 e. The molecule has 1 aliphatic heterocycles. The Morgan fingerprint density at radius 1 is 1.08 bits per heavy atom.